The van der Waals surface area contributed by atoms with Crippen LogP contribution < -0.4 is 10.1 Å². The van der Waals surface area contributed by atoms with E-state index in [1.807, 2.05) is 58.0 Å². The van der Waals surface area contributed by atoms with Gasteiger partial charge in [-0.2, -0.15) is 0 Å². The first kappa shape index (κ1) is 18.1. The molecule has 1 amide bonds. The molecule has 0 unspecified atom stereocenters. The largest absolute Gasteiger partial charge is 0.481 e. The molecule has 0 heterocycles. The quantitative estimate of drug-likeness (QED) is 0.864. The van der Waals surface area contributed by atoms with Crippen LogP contribution in [0.1, 0.15) is 37.5 Å². The molecule has 2 rings (SSSR count). The lowest BCUT2D eigenvalue weighted by Crippen LogP contribution is -2.49. The number of amides is 1. The molecule has 0 radical (unpaired) electrons. The van der Waals surface area contributed by atoms with Crippen molar-refractivity contribution in [3.05, 3.63) is 65.2 Å². The van der Waals surface area contributed by atoms with Gasteiger partial charge in [0.1, 0.15) is 5.75 Å². The molecule has 0 aliphatic rings. The Kier molecular flexibility index (Phi) is 5.66. The van der Waals surface area contributed by atoms with Crippen LogP contribution >= 0.6 is 0 Å². The van der Waals surface area contributed by atoms with E-state index in [2.05, 4.69) is 23.5 Å². The molecular weight excluding hydrogens is 298 g/mol. The summed E-state index contributed by atoms with van der Waals surface area (Å²) in [6, 6.07) is 16.2. The van der Waals surface area contributed by atoms with Crippen molar-refractivity contribution in [1.29, 1.82) is 0 Å². The molecule has 0 aliphatic carbocycles. The number of hydrogen-bond acceptors (Lipinski definition) is 2. The third-order valence-corrected chi connectivity index (χ3v) is 3.83. The fourth-order valence-corrected chi connectivity index (χ4v) is 2.84. The summed E-state index contributed by atoms with van der Waals surface area (Å²) in [5, 5.41) is 3.09. The summed E-state index contributed by atoms with van der Waals surface area (Å²) in [5.74, 6) is 0.631. The minimum absolute atomic E-state index is 0.102. The van der Waals surface area contributed by atoms with Gasteiger partial charge in [0.05, 0.1) is 0 Å². The van der Waals surface area contributed by atoms with E-state index in [4.69, 9.17) is 4.74 Å². The molecule has 3 nitrogen and oxygen atoms in total. The zero-order chi connectivity index (χ0) is 17.7. The van der Waals surface area contributed by atoms with Crippen molar-refractivity contribution < 1.29 is 9.53 Å². The minimum Gasteiger partial charge on any atom is -0.481 e. The molecule has 2 aromatic carbocycles. The number of nitrogens with one attached hydrogen (secondary N) is 1. The summed E-state index contributed by atoms with van der Waals surface area (Å²) < 4.78 is 5.82. The van der Waals surface area contributed by atoms with E-state index in [1.54, 1.807) is 6.92 Å². The van der Waals surface area contributed by atoms with Gasteiger partial charge in [-0.25, -0.2) is 0 Å². The SMILES string of the molecule is Cc1cc(C)cc(O[C@@H](C)C(=O)NC(C)(C)Cc2ccccc2)c1. The second-order valence-electron chi connectivity index (χ2n) is 7.12. The Bertz CT molecular complexity index is 672. The van der Waals surface area contributed by atoms with Gasteiger partial charge in [0.15, 0.2) is 6.10 Å². The average molecular weight is 325 g/mol. The number of carbonyl (C=O) groups is 1. The molecule has 0 bridgehead atoms. The first-order valence-electron chi connectivity index (χ1n) is 8.36. The van der Waals surface area contributed by atoms with E-state index in [9.17, 15) is 4.79 Å². The number of ether oxygens (including phenoxy) is 1. The van der Waals surface area contributed by atoms with Crippen molar-refractivity contribution >= 4 is 5.91 Å². The fraction of sp³-hybridized carbons (Fsp3) is 0.381. The second-order valence-corrected chi connectivity index (χ2v) is 7.12. The van der Waals surface area contributed by atoms with Gasteiger partial charge in [-0.15, -0.1) is 0 Å². The van der Waals surface area contributed by atoms with Crippen LogP contribution in [-0.2, 0) is 11.2 Å². The van der Waals surface area contributed by atoms with Gasteiger partial charge in [-0.3, -0.25) is 4.79 Å². The maximum Gasteiger partial charge on any atom is 0.261 e. The van der Waals surface area contributed by atoms with Crippen LogP contribution in [0.3, 0.4) is 0 Å². The van der Waals surface area contributed by atoms with Crippen molar-refractivity contribution in [2.75, 3.05) is 0 Å². The van der Waals surface area contributed by atoms with Crippen molar-refractivity contribution in [3.63, 3.8) is 0 Å². The molecule has 1 atom stereocenters. The number of carbonyl (C=O) groups excluding carboxylic acids is 1. The topological polar surface area (TPSA) is 38.3 Å². The van der Waals surface area contributed by atoms with Crippen LogP contribution in [0.15, 0.2) is 48.5 Å². The average Bonchev–Trinajstić information content (AvgIpc) is 2.46. The zero-order valence-corrected chi connectivity index (χ0v) is 15.2. The van der Waals surface area contributed by atoms with Gasteiger partial charge in [0.25, 0.3) is 5.91 Å². The summed E-state index contributed by atoms with van der Waals surface area (Å²) in [7, 11) is 0. The van der Waals surface area contributed by atoms with E-state index in [0.29, 0.717) is 0 Å². The highest BCUT2D eigenvalue weighted by Gasteiger charge is 2.25. The van der Waals surface area contributed by atoms with Crippen molar-refractivity contribution in [1.82, 2.24) is 5.32 Å². The third kappa shape index (κ3) is 5.41. The van der Waals surface area contributed by atoms with E-state index >= 15 is 0 Å². The van der Waals surface area contributed by atoms with Crippen LogP contribution in [0, 0.1) is 13.8 Å². The Morgan fingerprint density at radius 1 is 1.08 bits per heavy atom. The molecule has 3 heteroatoms. The summed E-state index contributed by atoms with van der Waals surface area (Å²) >= 11 is 0. The number of hydrogen-bond donors (Lipinski definition) is 1. The molecule has 0 saturated carbocycles. The normalized spacial score (nSPS) is 12.5. The molecule has 0 fully saturated rings. The molecule has 1 N–H and O–H groups in total. The van der Waals surface area contributed by atoms with Gasteiger partial charge in [0.2, 0.25) is 0 Å². The van der Waals surface area contributed by atoms with E-state index in [0.717, 1.165) is 23.3 Å². The molecule has 0 spiro atoms. The van der Waals surface area contributed by atoms with Crippen molar-refractivity contribution in [3.8, 4) is 5.75 Å². The zero-order valence-electron chi connectivity index (χ0n) is 15.2. The van der Waals surface area contributed by atoms with Crippen LogP contribution in [0.5, 0.6) is 5.75 Å². The Balaban J connectivity index is 1.97. The maximum atomic E-state index is 12.5. The predicted octanol–water partition coefficient (Wildman–Crippen LogP) is 4.21. The summed E-state index contributed by atoms with van der Waals surface area (Å²) in [6.07, 6.45) is 0.233. The highest BCUT2D eigenvalue weighted by molar-refractivity contribution is 5.81. The first-order valence-corrected chi connectivity index (χ1v) is 8.36. The van der Waals surface area contributed by atoms with Crippen molar-refractivity contribution in [2.45, 2.75) is 52.7 Å². The van der Waals surface area contributed by atoms with Gasteiger partial charge in [0, 0.05) is 5.54 Å². The van der Waals surface area contributed by atoms with Gasteiger partial charge in [-0.1, -0.05) is 36.4 Å². The number of rotatable bonds is 6. The Labute approximate surface area is 145 Å². The molecule has 128 valence electrons. The molecule has 0 aromatic heterocycles. The Hall–Kier alpha value is -2.29. The predicted molar refractivity (Wildman–Crippen MR) is 98.4 cm³/mol. The molecule has 0 aliphatic heterocycles. The van der Waals surface area contributed by atoms with Crippen molar-refractivity contribution in [2.24, 2.45) is 0 Å². The van der Waals surface area contributed by atoms with E-state index in [1.165, 1.54) is 5.56 Å². The van der Waals surface area contributed by atoms with Crippen LogP contribution in [-0.4, -0.2) is 17.6 Å². The standard InChI is InChI=1S/C21H27NO2/c1-15-11-16(2)13-19(12-15)24-17(3)20(23)22-21(4,5)14-18-9-7-6-8-10-18/h6-13,17H,14H2,1-5H3,(H,22,23)/t17-/m0/s1. The van der Waals surface area contributed by atoms with Crippen LogP contribution in [0.4, 0.5) is 0 Å². The van der Waals surface area contributed by atoms with Crippen LogP contribution in [0.25, 0.3) is 0 Å². The molecule has 0 saturated heterocycles. The number of benzene rings is 2. The van der Waals surface area contributed by atoms with Crippen LogP contribution in [0.2, 0.25) is 0 Å². The summed E-state index contributed by atoms with van der Waals surface area (Å²) in [6.45, 7) is 9.88. The van der Waals surface area contributed by atoms with Gasteiger partial charge >= 0.3 is 0 Å². The van der Waals surface area contributed by atoms with Gasteiger partial charge < -0.3 is 10.1 Å². The lowest BCUT2D eigenvalue weighted by Gasteiger charge is -2.28. The molecule has 2 aromatic rings. The Morgan fingerprint density at radius 2 is 1.67 bits per heavy atom. The smallest absolute Gasteiger partial charge is 0.261 e. The molecular formula is C21H27NO2. The van der Waals surface area contributed by atoms with E-state index < -0.39 is 6.10 Å². The van der Waals surface area contributed by atoms with E-state index in [-0.39, 0.29) is 11.4 Å². The highest BCUT2D eigenvalue weighted by Crippen LogP contribution is 2.18. The summed E-state index contributed by atoms with van der Waals surface area (Å²) in [4.78, 5) is 12.5. The molecule has 24 heavy (non-hydrogen) atoms. The first-order chi connectivity index (χ1) is 11.2. The minimum atomic E-state index is -0.541. The fourth-order valence-electron chi connectivity index (χ4n) is 2.84. The third-order valence-electron chi connectivity index (χ3n) is 3.83. The lowest BCUT2D eigenvalue weighted by atomic mass is 9.94. The second kappa shape index (κ2) is 7.52. The maximum absolute atomic E-state index is 12.5. The van der Waals surface area contributed by atoms with Gasteiger partial charge in [-0.05, 0) is 69.9 Å². The lowest BCUT2D eigenvalue weighted by molar-refractivity contribution is -0.128. The Morgan fingerprint density at radius 3 is 2.25 bits per heavy atom. The highest BCUT2D eigenvalue weighted by atomic mass is 16.5. The monoisotopic (exact) mass is 325 g/mol. The number of aryl methyl sites for hydroxylation is 2. The summed E-state index contributed by atoms with van der Waals surface area (Å²) in [5.41, 5.74) is 3.12.